The molecule has 2 aliphatic rings. The van der Waals surface area contributed by atoms with Crippen LogP contribution in [0.25, 0.3) is 89.1 Å². The predicted molar refractivity (Wildman–Crippen MR) is 228 cm³/mol. The van der Waals surface area contributed by atoms with Crippen molar-refractivity contribution >= 4 is 60.9 Å². The normalized spacial score (nSPS) is 14.5. The van der Waals surface area contributed by atoms with Gasteiger partial charge in [0, 0.05) is 16.2 Å². The number of imidazole rings is 1. The highest BCUT2D eigenvalue weighted by molar-refractivity contribution is 6.01. The maximum absolute atomic E-state index is 5.42. The maximum Gasteiger partial charge on any atom is 0.221 e. The number of nitrogens with zero attached hydrogens (tertiary/aromatic N) is 4. The average molecular weight is 705 g/mol. The molecule has 12 rings (SSSR count). The van der Waals surface area contributed by atoms with Gasteiger partial charge < -0.3 is 0 Å². The second-order valence-electron chi connectivity index (χ2n) is 15.7. The Kier molecular flexibility index (Phi) is 6.20. The van der Waals surface area contributed by atoms with E-state index in [4.69, 9.17) is 9.97 Å². The quantitative estimate of drug-likeness (QED) is 0.183. The number of aryl methyl sites for hydroxylation is 1. The molecular weight excluding hydrogens is 669 g/mol. The fraction of sp³-hybridized carbons (Fsp3) is 0.0980. The van der Waals surface area contributed by atoms with Crippen molar-refractivity contribution < 1.29 is 0 Å². The van der Waals surface area contributed by atoms with Crippen LogP contribution in [0.4, 0.5) is 0 Å². The first-order valence-corrected chi connectivity index (χ1v) is 19.3. The van der Waals surface area contributed by atoms with Crippen LogP contribution >= 0.6 is 0 Å². The highest BCUT2D eigenvalue weighted by Gasteiger charge is 2.36. The van der Waals surface area contributed by atoms with E-state index in [1.165, 1.54) is 77.5 Å². The first-order chi connectivity index (χ1) is 27.0. The van der Waals surface area contributed by atoms with Crippen LogP contribution in [0, 0.1) is 0 Å². The summed E-state index contributed by atoms with van der Waals surface area (Å²) in [4.78, 5) is 10.6. The van der Waals surface area contributed by atoms with Crippen molar-refractivity contribution in [2.75, 3.05) is 0 Å². The van der Waals surface area contributed by atoms with E-state index in [0.29, 0.717) is 0 Å². The van der Waals surface area contributed by atoms with Gasteiger partial charge in [-0.1, -0.05) is 123 Å². The van der Waals surface area contributed by atoms with Crippen LogP contribution in [-0.4, -0.2) is 18.9 Å². The summed E-state index contributed by atoms with van der Waals surface area (Å²) in [5, 5.41) is 4.90. The molecule has 3 aromatic heterocycles. The van der Waals surface area contributed by atoms with E-state index in [0.717, 1.165) is 46.4 Å². The molecule has 260 valence electrons. The predicted octanol–water partition coefficient (Wildman–Crippen LogP) is 12.6. The zero-order chi connectivity index (χ0) is 36.4. The molecule has 7 aromatic carbocycles. The number of benzene rings is 7. The van der Waals surface area contributed by atoms with E-state index in [1.54, 1.807) is 0 Å². The Morgan fingerprint density at radius 1 is 0.527 bits per heavy atom. The fourth-order valence-corrected chi connectivity index (χ4v) is 9.74. The van der Waals surface area contributed by atoms with Crippen molar-refractivity contribution in [3.05, 3.63) is 180 Å². The lowest BCUT2D eigenvalue weighted by Crippen LogP contribution is -2.15. The van der Waals surface area contributed by atoms with Gasteiger partial charge in [0.15, 0.2) is 0 Å². The summed E-state index contributed by atoms with van der Waals surface area (Å²) >= 11 is 0. The summed E-state index contributed by atoms with van der Waals surface area (Å²) in [6.07, 6.45) is 4.38. The molecule has 0 N–H and O–H groups in total. The number of fused-ring (bicyclic) bond motifs is 12. The lowest BCUT2D eigenvalue weighted by Gasteiger charge is -2.24. The van der Waals surface area contributed by atoms with Gasteiger partial charge in [0.25, 0.3) is 0 Å². The zero-order valence-corrected chi connectivity index (χ0v) is 30.7. The van der Waals surface area contributed by atoms with Gasteiger partial charge in [-0.05, 0) is 122 Å². The third-order valence-electron chi connectivity index (χ3n) is 12.4. The zero-order valence-electron chi connectivity index (χ0n) is 30.7. The number of aromatic nitrogens is 4. The number of hydrogen-bond donors (Lipinski definition) is 0. The van der Waals surface area contributed by atoms with E-state index < -0.39 is 0 Å². The van der Waals surface area contributed by atoms with Gasteiger partial charge in [0.05, 0.1) is 27.8 Å². The van der Waals surface area contributed by atoms with E-state index in [-0.39, 0.29) is 5.41 Å². The maximum atomic E-state index is 5.42. The van der Waals surface area contributed by atoms with Crippen molar-refractivity contribution in [2.24, 2.45) is 0 Å². The van der Waals surface area contributed by atoms with Gasteiger partial charge >= 0.3 is 0 Å². The van der Waals surface area contributed by atoms with Gasteiger partial charge in [-0.2, -0.15) is 0 Å². The molecule has 10 aromatic rings. The first-order valence-electron chi connectivity index (χ1n) is 19.3. The molecule has 0 radical (unpaired) electrons. The second-order valence-corrected chi connectivity index (χ2v) is 15.7. The highest BCUT2D eigenvalue weighted by Crippen LogP contribution is 2.51. The Morgan fingerprint density at radius 3 is 2.02 bits per heavy atom. The molecule has 0 amide bonds. The molecule has 55 heavy (non-hydrogen) atoms. The highest BCUT2D eigenvalue weighted by atomic mass is 15.2. The van der Waals surface area contributed by atoms with Crippen LogP contribution in [0.15, 0.2) is 152 Å². The van der Waals surface area contributed by atoms with Crippen molar-refractivity contribution in [3.8, 4) is 28.2 Å². The van der Waals surface area contributed by atoms with Crippen LogP contribution in [0.5, 0.6) is 0 Å². The van der Waals surface area contributed by atoms with Crippen molar-refractivity contribution in [3.63, 3.8) is 0 Å². The van der Waals surface area contributed by atoms with Crippen LogP contribution in [-0.2, 0) is 11.8 Å². The number of hydrogen-bond acceptors (Lipinski definition) is 2. The summed E-state index contributed by atoms with van der Waals surface area (Å²) in [5.41, 5.74) is 18.2. The van der Waals surface area contributed by atoms with Crippen LogP contribution in [0.2, 0.25) is 0 Å². The van der Waals surface area contributed by atoms with Crippen LogP contribution in [0.3, 0.4) is 0 Å². The van der Waals surface area contributed by atoms with E-state index >= 15 is 0 Å². The Morgan fingerprint density at radius 2 is 1.18 bits per heavy atom. The Labute approximate surface area is 318 Å². The molecule has 4 nitrogen and oxygen atoms in total. The topological polar surface area (TPSA) is 35.1 Å². The molecule has 2 aliphatic carbocycles. The van der Waals surface area contributed by atoms with E-state index in [1.807, 2.05) is 0 Å². The minimum absolute atomic E-state index is 0.139. The molecule has 0 aliphatic heterocycles. The smallest absolute Gasteiger partial charge is 0.221 e. The number of para-hydroxylation sites is 4. The summed E-state index contributed by atoms with van der Waals surface area (Å²) < 4.78 is 4.65. The monoisotopic (exact) mass is 704 g/mol. The fourth-order valence-electron chi connectivity index (χ4n) is 9.74. The van der Waals surface area contributed by atoms with Crippen molar-refractivity contribution in [2.45, 2.75) is 32.1 Å². The van der Waals surface area contributed by atoms with Crippen molar-refractivity contribution in [1.29, 1.82) is 0 Å². The Bertz CT molecular complexity index is 3290. The Balaban J connectivity index is 1.02. The lowest BCUT2D eigenvalue weighted by atomic mass is 9.80. The summed E-state index contributed by atoms with van der Waals surface area (Å²) in [5.74, 6) is 0.866. The van der Waals surface area contributed by atoms with Crippen LogP contribution < -0.4 is 0 Å². The molecule has 4 heteroatoms. The van der Waals surface area contributed by atoms with E-state index in [9.17, 15) is 0 Å². The molecule has 0 unspecified atom stereocenters. The Hall–Kier alpha value is -6.78. The van der Waals surface area contributed by atoms with Gasteiger partial charge in [-0.15, -0.1) is 0 Å². The minimum Gasteiger partial charge on any atom is -0.279 e. The standard InChI is InChI=1S/C51H36N4/c1-51(2)42-28-32(22-25-37(42)38-26-24-34(29-43(38)51)36-17-11-13-31-12-3-4-14-35(31)36)33-23-27-40-39-15-6-9-20-46(39)54(48(40)30-33)50-53-44-18-7-5-16-41(44)49-52-45-19-8-10-21-47(45)55(49)50/h3-22,24-26,28-30H,23,27H2,1-2H3. The summed E-state index contributed by atoms with van der Waals surface area (Å²) in [6, 6.07) is 55.2. The van der Waals surface area contributed by atoms with Gasteiger partial charge in [0.2, 0.25) is 5.95 Å². The van der Waals surface area contributed by atoms with Crippen LogP contribution in [0.1, 0.15) is 48.2 Å². The van der Waals surface area contributed by atoms with Gasteiger partial charge in [0.1, 0.15) is 5.65 Å². The third kappa shape index (κ3) is 4.28. The number of rotatable bonds is 3. The molecule has 0 bridgehead atoms. The van der Waals surface area contributed by atoms with Crippen molar-refractivity contribution in [1.82, 2.24) is 18.9 Å². The largest absolute Gasteiger partial charge is 0.279 e. The van der Waals surface area contributed by atoms with Gasteiger partial charge in [-0.25, -0.2) is 9.97 Å². The van der Waals surface area contributed by atoms with Gasteiger partial charge in [-0.3, -0.25) is 8.97 Å². The SMILES string of the molecule is CC1(C)c2cc(C3=Cc4c(c5ccccc5n4-c4nc5ccccc5c5nc6ccccc6n45)CC3)ccc2-c2ccc(-c3cccc4ccccc34)cc21. The average Bonchev–Trinajstić information content (AvgIpc) is 3.86. The molecule has 0 spiro atoms. The third-order valence-corrected chi connectivity index (χ3v) is 12.4. The molecule has 0 fully saturated rings. The molecule has 0 saturated carbocycles. The molecule has 0 saturated heterocycles. The molecule has 0 atom stereocenters. The van der Waals surface area contributed by atoms with E-state index in [2.05, 4.69) is 181 Å². The molecule has 3 heterocycles. The first kappa shape index (κ1) is 30.7. The number of allylic oxidation sites excluding steroid dienone is 1. The summed E-state index contributed by atoms with van der Waals surface area (Å²) in [6.45, 7) is 4.79. The molecular formula is C51H36N4. The minimum atomic E-state index is -0.139. The lowest BCUT2D eigenvalue weighted by molar-refractivity contribution is 0.660. The summed E-state index contributed by atoms with van der Waals surface area (Å²) in [7, 11) is 0. The second kappa shape index (κ2) is 11.1.